The topological polar surface area (TPSA) is 46.2 Å². The van der Waals surface area contributed by atoms with Gasteiger partial charge in [-0.2, -0.15) is 0 Å². The normalized spacial score (nSPS) is 13.1. The molecule has 0 aliphatic carbocycles. The molecule has 0 aliphatic rings. The van der Waals surface area contributed by atoms with Gasteiger partial charge in [-0.25, -0.2) is 0 Å². The van der Waals surface area contributed by atoms with Crippen molar-refractivity contribution in [3.8, 4) is 5.75 Å². The highest BCUT2D eigenvalue weighted by Crippen LogP contribution is 2.41. The van der Waals surface area contributed by atoms with Crippen LogP contribution in [-0.2, 0) is 18.5 Å². The van der Waals surface area contributed by atoms with Gasteiger partial charge in [0.15, 0.2) is 0 Å². The molecule has 1 aromatic rings. The number of benzene rings is 1. The number of ether oxygens (including phenoxy) is 2. The van der Waals surface area contributed by atoms with Crippen LogP contribution in [-0.4, -0.2) is 38.6 Å². The van der Waals surface area contributed by atoms with Gasteiger partial charge >= 0.3 is 8.60 Å². The van der Waals surface area contributed by atoms with Crippen molar-refractivity contribution in [2.45, 2.75) is 310 Å². The Bertz CT molecular complexity index is 938. The lowest BCUT2D eigenvalue weighted by Gasteiger charge is -2.19. The minimum Gasteiger partial charge on any atom is -0.427 e. The second-order valence-corrected chi connectivity index (χ2v) is 20.6. The predicted octanol–water partition coefficient (Wildman–Crippen LogP) is 20.6. The van der Waals surface area contributed by atoms with Crippen LogP contribution in [0.3, 0.4) is 0 Å². The number of hydrogen-bond acceptors (Lipinski definition) is 5. The first-order valence-corrected chi connectivity index (χ1v) is 29.8. The van der Waals surface area contributed by atoms with E-state index in [0.29, 0.717) is 25.4 Å². The van der Waals surface area contributed by atoms with E-state index in [1.54, 1.807) is 0 Å². The minimum atomic E-state index is -1.42. The maximum Gasteiger partial charge on any atom is 0.397 e. The van der Waals surface area contributed by atoms with Gasteiger partial charge in [-0.15, -0.1) is 0 Å². The molecule has 1 rings (SSSR count). The average Bonchev–Trinajstić information content (AvgIpc) is 3.31. The summed E-state index contributed by atoms with van der Waals surface area (Å²) in [6.45, 7) is 12.4. The number of hydrogen-bond donors (Lipinski definition) is 0. The molecule has 378 valence electrons. The van der Waals surface area contributed by atoms with E-state index in [1.165, 1.54) is 244 Å². The van der Waals surface area contributed by atoms with Crippen molar-refractivity contribution in [2.75, 3.05) is 26.4 Å². The standard InChI is InChI=1S/C58H111O5P/c1-5-9-13-17-19-21-23-25-27-31-42-52-59-56(46-36-29-15-11-7-3)48-40-34-44-54-61-64(63-58-50-38-33-39-51-58)62-55-45-35-41-49-57(47-37-30-16-12-8-4)60-53-43-32-28-26-24-22-20-18-14-10-6-2/h33,38-39,50-51,56-57H,5-32,34-37,40-49,52-55H2,1-4H3. The SMILES string of the molecule is CCCCCCCCCCCCCOC(CCCCCCC)CCCCCOP(OCCCCCC(CCCCCCC)OCCCCCCCCCCCCC)Oc1ccccc1. The summed E-state index contributed by atoms with van der Waals surface area (Å²) in [7, 11) is -1.42. The third kappa shape index (κ3) is 43.8. The molecule has 0 bridgehead atoms. The highest BCUT2D eigenvalue weighted by Gasteiger charge is 2.16. The van der Waals surface area contributed by atoms with Crippen LogP contribution in [0.5, 0.6) is 5.75 Å². The van der Waals surface area contributed by atoms with Crippen LogP contribution in [0.15, 0.2) is 30.3 Å². The molecule has 0 N–H and O–H groups in total. The molecule has 0 aliphatic heterocycles. The summed E-state index contributed by atoms with van der Waals surface area (Å²) in [5, 5.41) is 0. The second-order valence-electron chi connectivity index (χ2n) is 19.5. The van der Waals surface area contributed by atoms with Crippen molar-refractivity contribution in [1.82, 2.24) is 0 Å². The van der Waals surface area contributed by atoms with Crippen LogP contribution in [0, 0.1) is 0 Å². The van der Waals surface area contributed by atoms with E-state index in [2.05, 4.69) is 27.7 Å². The lowest BCUT2D eigenvalue weighted by atomic mass is 10.0. The summed E-state index contributed by atoms with van der Waals surface area (Å²) in [5.41, 5.74) is 0. The first-order valence-electron chi connectivity index (χ1n) is 28.8. The van der Waals surface area contributed by atoms with Gasteiger partial charge in [0, 0.05) is 13.2 Å². The van der Waals surface area contributed by atoms with Crippen LogP contribution in [0.2, 0.25) is 0 Å². The van der Waals surface area contributed by atoms with Crippen LogP contribution in [0.25, 0.3) is 0 Å². The maximum atomic E-state index is 6.53. The van der Waals surface area contributed by atoms with Crippen molar-refractivity contribution in [3.05, 3.63) is 30.3 Å². The van der Waals surface area contributed by atoms with Gasteiger partial charge < -0.3 is 23.0 Å². The summed E-state index contributed by atoms with van der Waals surface area (Å²) in [5.74, 6) is 0.821. The summed E-state index contributed by atoms with van der Waals surface area (Å²) in [6, 6.07) is 10.1. The Balaban J connectivity index is 2.38. The summed E-state index contributed by atoms with van der Waals surface area (Å²) in [6.07, 6.45) is 56.1. The van der Waals surface area contributed by atoms with Crippen molar-refractivity contribution in [1.29, 1.82) is 0 Å². The largest absolute Gasteiger partial charge is 0.427 e. The van der Waals surface area contributed by atoms with Gasteiger partial charge in [0.25, 0.3) is 0 Å². The average molecular weight is 919 g/mol. The summed E-state index contributed by atoms with van der Waals surface area (Å²) >= 11 is 0. The van der Waals surface area contributed by atoms with Gasteiger partial charge in [-0.3, -0.25) is 0 Å². The molecule has 0 amide bonds. The Morgan fingerprint density at radius 2 is 0.578 bits per heavy atom. The van der Waals surface area contributed by atoms with Crippen molar-refractivity contribution >= 4 is 8.60 Å². The predicted molar refractivity (Wildman–Crippen MR) is 282 cm³/mol. The smallest absolute Gasteiger partial charge is 0.397 e. The van der Waals surface area contributed by atoms with E-state index in [9.17, 15) is 0 Å². The Kier molecular flexibility index (Phi) is 49.5. The van der Waals surface area contributed by atoms with E-state index < -0.39 is 8.60 Å². The molecule has 0 spiro atoms. The molecule has 2 atom stereocenters. The van der Waals surface area contributed by atoms with Crippen LogP contribution in [0.4, 0.5) is 0 Å². The fourth-order valence-corrected chi connectivity index (χ4v) is 9.87. The summed E-state index contributed by atoms with van der Waals surface area (Å²) < 4.78 is 31.9. The molecule has 2 unspecified atom stereocenters. The van der Waals surface area contributed by atoms with Crippen molar-refractivity contribution in [2.24, 2.45) is 0 Å². The molecule has 0 saturated heterocycles. The first-order chi connectivity index (χ1) is 31.7. The molecule has 0 fully saturated rings. The van der Waals surface area contributed by atoms with E-state index in [1.807, 2.05) is 30.3 Å². The Labute approximate surface area is 402 Å². The van der Waals surface area contributed by atoms with Crippen molar-refractivity contribution in [3.63, 3.8) is 0 Å². The van der Waals surface area contributed by atoms with Gasteiger partial charge in [0.1, 0.15) is 5.75 Å². The zero-order valence-corrected chi connectivity index (χ0v) is 44.5. The number of para-hydroxylation sites is 1. The van der Waals surface area contributed by atoms with Gasteiger partial charge in [-0.05, 0) is 63.5 Å². The lowest BCUT2D eigenvalue weighted by Crippen LogP contribution is -2.14. The Morgan fingerprint density at radius 3 is 0.906 bits per heavy atom. The Hall–Kier alpha value is -0.710. The summed E-state index contributed by atoms with van der Waals surface area (Å²) in [4.78, 5) is 0. The highest BCUT2D eigenvalue weighted by molar-refractivity contribution is 7.42. The Morgan fingerprint density at radius 1 is 0.312 bits per heavy atom. The molecular weight excluding hydrogens is 808 g/mol. The van der Waals surface area contributed by atoms with Gasteiger partial charge in [0.2, 0.25) is 0 Å². The fraction of sp³-hybridized carbons (Fsp3) is 0.897. The zero-order valence-electron chi connectivity index (χ0n) is 43.6. The number of unbranched alkanes of at least 4 members (excludes halogenated alkanes) is 32. The third-order valence-electron chi connectivity index (χ3n) is 13.1. The van der Waals surface area contributed by atoms with E-state index in [4.69, 9.17) is 23.0 Å². The first kappa shape index (κ1) is 61.3. The molecule has 64 heavy (non-hydrogen) atoms. The molecule has 0 radical (unpaired) electrons. The van der Waals surface area contributed by atoms with Gasteiger partial charge in [-0.1, -0.05) is 264 Å². The zero-order chi connectivity index (χ0) is 45.9. The van der Waals surface area contributed by atoms with Crippen LogP contribution < -0.4 is 4.52 Å². The quantitative estimate of drug-likeness (QED) is 0.0481. The minimum absolute atomic E-state index is 0.412. The van der Waals surface area contributed by atoms with Crippen LogP contribution in [0.1, 0.15) is 297 Å². The molecule has 5 nitrogen and oxygen atoms in total. The highest BCUT2D eigenvalue weighted by atomic mass is 31.2. The molecule has 1 aromatic carbocycles. The molecule has 0 heterocycles. The van der Waals surface area contributed by atoms with Crippen LogP contribution >= 0.6 is 8.60 Å². The third-order valence-corrected chi connectivity index (χ3v) is 14.3. The fourth-order valence-electron chi connectivity index (χ4n) is 8.84. The van der Waals surface area contributed by atoms with E-state index in [0.717, 1.165) is 44.6 Å². The lowest BCUT2D eigenvalue weighted by molar-refractivity contribution is 0.0355. The van der Waals surface area contributed by atoms with Crippen molar-refractivity contribution < 1.29 is 23.0 Å². The number of rotatable bonds is 54. The maximum absolute atomic E-state index is 6.53. The molecule has 0 saturated carbocycles. The molecule has 0 aromatic heterocycles. The van der Waals surface area contributed by atoms with Gasteiger partial charge in [0.05, 0.1) is 25.4 Å². The monoisotopic (exact) mass is 919 g/mol. The molecule has 6 heteroatoms. The second kappa shape index (κ2) is 51.7. The van der Waals surface area contributed by atoms with E-state index in [-0.39, 0.29) is 0 Å². The molecular formula is C58H111O5P. The van der Waals surface area contributed by atoms with E-state index >= 15 is 0 Å².